The van der Waals surface area contributed by atoms with E-state index in [0.29, 0.717) is 45.7 Å². The summed E-state index contributed by atoms with van der Waals surface area (Å²) in [7, 11) is 0. The summed E-state index contributed by atoms with van der Waals surface area (Å²) in [5, 5.41) is 5.98. The van der Waals surface area contributed by atoms with Crippen molar-refractivity contribution in [2.24, 2.45) is 0 Å². The fraction of sp³-hybridized carbons (Fsp3) is 0.0800. The number of rotatable bonds is 5. The van der Waals surface area contributed by atoms with Crippen molar-refractivity contribution in [3.05, 3.63) is 94.4 Å². The molecule has 0 bridgehead atoms. The highest BCUT2D eigenvalue weighted by Gasteiger charge is 2.19. The number of hydrogen-bond donors (Lipinski definition) is 0. The van der Waals surface area contributed by atoms with Crippen molar-refractivity contribution < 1.29 is 9.26 Å². The summed E-state index contributed by atoms with van der Waals surface area (Å²) < 4.78 is 12.9. The number of fused-ring (bicyclic) bond motifs is 1. The van der Waals surface area contributed by atoms with Crippen LogP contribution in [0.2, 0.25) is 5.02 Å². The van der Waals surface area contributed by atoms with Crippen molar-refractivity contribution in [1.29, 1.82) is 0 Å². The third kappa shape index (κ3) is 3.55. The lowest BCUT2D eigenvalue weighted by atomic mass is 10.1. The monoisotopic (exact) mass is 443 g/mol. The van der Waals surface area contributed by atoms with E-state index < -0.39 is 0 Å². The Morgan fingerprint density at radius 3 is 2.56 bits per heavy atom. The fourth-order valence-corrected chi connectivity index (χ4v) is 3.84. The quantitative estimate of drug-likeness (QED) is 0.345. The normalized spacial score (nSPS) is 11.1. The predicted octanol–water partition coefficient (Wildman–Crippen LogP) is 5.76. The standard InChI is InChI=1S/C25H18ClN3O3/c1-2-31-22-13-6-5-12-20(22)23-27-24(32-28-23)21-15-29(17-9-7-8-16(26)14-17)25(30)19-11-4-3-10-18(19)21/h3-15H,2H2,1H3. The highest BCUT2D eigenvalue weighted by atomic mass is 35.5. The maximum atomic E-state index is 13.2. The Hall–Kier alpha value is -3.90. The molecule has 0 unspecified atom stereocenters. The molecule has 5 aromatic rings. The molecule has 0 N–H and O–H groups in total. The molecule has 0 aliphatic heterocycles. The van der Waals surface area contributed by atoms with Crippen LogP contribution in [-0.2, 0) is 0 Å². The number of pyridine rings is 1. The van der Waals surface area contributed by atoms with Crippen LogP contribution in [0.3, 0.4) is 0 Å². The lowest BCUT2D eigenvalue weighted by Gasteiger charge is -2.10. The van der Waals surface area contributed by atoms with Gasteiger partial charge in [0.2, 0.25) is 5.82 Å². The second-order valence-electron chi connectivity index (χ2n) is 7.10. The van der Waals surface area contributed by atoms with Crippen LogP contribution in [0.25, 0.3) is 39.3 Å². The zero-order valence-corrected chi connectivity index (χ0v) is 17.9. The molecule has 0 saturated heterocycles. The van der Waals surface area contributed by atoms with Gasteiger partial charge < -0.3 is 9.26 Å². The number of para-hydroxylation sites is 1. The summed E-state index contributed by atoms with van der Waals surface area (Å²) in [6.07, 6.45) is 1.71. The van der Waals surface area contributed by atoms with Crippen molar-refractivity contribution in [2.75, 3.05) is 6.61 Å². The predicted molar refractivity (Wildman–Crippen MR) is 124 cm³/mol. The van der Waals surface area contributed by atoms with E-state index in [4.69, 9.17) is 20.9 Å². The molecule has 5 rings (SSSR count). The minimum atomic E-state index is -0.159. The Kier molecular flexibility index (Phi) is 5.21. The summed E-state index contributed by atoms with van der Waals surface area (Å²) in [5.74, 6) is 1.39. The van der Waals surface area contributed by atoms with Crippen LogP contribution in [0.4, 0.5) is 0 Å². The van der Waals surface area contributed by atoms with Gasteiger partial charge in [-0.15, -0.1) is 0 Å². The first-order valence-corrected chi connectivity index (χ1v) is 10.5. The van der Waals surface area contributed by atoms with Gasteiger partial charge in [0.25, 0.3) is 11.4 Å². The maximum absolute atomic E-state index is 13.2. The second kappa shape index (κ2) is 8.32. The smallest absolute Gasteiger partial charge is 0.262 e. The molecule has 0 radical (unpaired) electrons. The number of hydrogen-bond acceptors (Lipinski definition) is 5. The van der Waals surface area contributed by atoms with Gasteiger partial charge >= 0.3 is 0 Å². The van der Waals surface area contributed by atoms with Crippen LogP contribution in [0, 0.1) is 0 Å². The zero-order chi connectivity index (χ0) is 22.1. The van der Waals surface area contributed by atoms with Crippen LogP contribution in [0.5, 0.6) is 5.75 Å². The van der Waals surface area contributed by atoms with E-state index in [9.17, 15) is 4.79 Å². The molecule has 0 aliphatic carbocycles. The largest absolute Gasteiger partial charge is 0.493 e. The van der Waals surface area contributed by atoms with Gasteiger partial charge in [-0.25, -0.2) is 0 Å². The Morgan fingerprint density at radius 1 is 0.969 bits per heavy atom. The van der Waals surface area contributed by atoms with Gasteiger partial charge in [0.05, 0.1) is 23.4 Å². The molecule has 0 amide bonds. The number of benzene rings is 3. The van der Waals surface area contributed by atoms with E-state index in [0.717, 1.165) is 10.9 Å². The molecule has 6 nitrogen and oxygen atoms in total. The minimum Gasteiger partial charge on any atom is -0.493 e. The lowest BCUT2D eigenvalue weighted by Crippen LogP contribution is -2.18. The number of halogens is 1. The average molecular weight is 444 g/mol. The van der Waals surface area contributed by atoms with Crippen molar-refractivity contribution in [3.8, 4) is 34.3 Å². The molecule has 0 fully saturated rings. The van der Waals surface area contributed by atoms with Crippen LogP contribution in [0.1, 0.15) is 6.92 Å². The summed E-state index contributed by atoms with van der Waals surface area (Å²) in [4.78, 5) is 17.8. The fourth-order valence-electron chi connectivity index (χ4n) is 3.65. The highest BCUT2D eigenvalue weighted by Crippen LogP contribution is 2.32. The molecular weight excluding hydrogens is 426 g/mol. The summed E-state index contributed by atoms with van der Waals surface area (Å²) >= 11 is 6.17. The van der Waals surface area contributed by atoms with Crippen molar-refractivity contribution in [1.82, 2.24) is 14.7 Å². The average Bonchev–Trinajstić information content (AvgIpc) is 3.30. The van der Waals surface area contributed by atoms with Crippen LogP contribution in [0.15, 0.2) is 88.3 Å². The van der Waals surface area contributed by atoms with Crippen molar-refractivity contribution in [3.63, 3.8) is 0 Å². The molecule has 158 valence electrons. The first kappa shape index (κ1) is 20.0. The summed E-state index contributed by atoms with van der Waals surface area (Å²) in [6, 6.07) is 22.0. The van der Waals surface area contributed by atoms with Gasteiger partial charge in [-0.2, -0.15) is 4.98 Å². The Balaban J connectivity index is 1.71. The maximum Gasteiger partial charge on any atom is 0.262 e. The van der Waals surface area contributed by atoms with Gasteiger partial charge in [0.15, 0.2) is 0 Å². The van der Waals surface area contributed by atoms with Crippen molar-refractivity contribution >= 4 is 22.4 Å². The Labute approximate surface area is 188 Å². The van der Waals surface area contributed by atoms with Crippen LogP contribution < -0.4 is 10.3 Å². The van der Waals surface area contributed by atoms with Gasteiger partial charge in [-0.05, 0) is 43.3 Å². The van der Waals surface area contributed by atoms with E-state index in [1.165, 1.54) is 0 Å². The van der Waals surface area contributed by atoms with Crippen LogP contribution >= 0.6 is 11.6 Å². The molecule has 0 atom stereocenters. The van der Waals surface area contributed by atoms with Gasteiger partial charge in [-0.3, -0.25) is 9.36 Å². The zero-order valence-electron chi connectivity index (χ0n) is 17.2. The van der Waals surface area contributed by atoms with E-state index >= 15 is 0 Å². The van der Waals surface area contributed by atoms with Gasteiger partial charge in [-0.1, -0.05) is 53.2 Å². The van der Waals surface area contributed by atoms with E-state index in [-0.39, 0.29) is 5.56 Å². The highest BCUT2D eigenvalue weighted by molar-refractivity contribution is 6.30. The molecular formula is C25H18ClN3O3. The lowest BCUT2D eigenvalue weighted by molar-refractivity contribution is 0.341. The second-order valence-corrected chi connectivity index (χ2v) is 7.53. The van der Waals surface area contributed by atoms with Crippen molar-refractivity contribution in [2.45, 2.75) is 6.92 Å². The van der Waals surface area contributed by atoms with Gasteiger partial charge in [0, 0.05) is 22.0 Å². The molecule has 2 aromatic heterocycles. The van der Waals surface area contributed by atoms with E-state index in [1.807, 2.05) is 55.5 Å². The first-order valence-electron chi connectivity index (χ1n) is 10.1. The molecule has 32 heavy (non-hydrogen) atoms. The molecule has 0 saturated carbocycles. The Morgan fingerprint density at radius 2 is 1.75 bits per heavy atom. The molecule has 0 spiro atoms. The molecule has 2 heterocycles. The number of nitrogens with zero attached hydrogens (tertiary/aromatic N) is 3. The minimum absolute atomic E-state index is 0.159. The molecule has 7 heteroatoms. The Bertz CT molecular complexity index is 1490. The molecule has 0 aliphatic rings. The topological polar surface area (TPSA) is 70.2 Å². The molecule has 3 aromatic carbocycles. The summed E-state index contributed by atoms with van der Waals surface area (Å²) in [6.45, 7) is 2.45. The number of aromatic nitrogens is 3. The third-order valence-corrected chi connectivity index (χ3v) is 5.33. The summed E-state index contributed by atoms with van der Waals surface area (Å²) in [5.41, 5.74) is 1.87. The number of ether oxygens (including phenoxy) is 1. The van der Waals surface area contributed by atoms with E-state index in [2.05, 4.69) is 10.1 Å². The van der Waals surface area contributed by atoms with Gasteiger partial charge in [0.1, 0.15) is 5.75 Å². The SMILES string of the molecule is CCOc1ccccc1-c1noc(-c2cn(-c3cccc(Cl)c3)c(=O)c3ccccc23)n1. The first-order chi connectivity index (χ1) is 15.7. The third-order valence-electron chi connectivity index (χ3n) is 5.10. The van der Waals surface area contributed by atoms with Crippen LogP contribution in [-0.4, -0.2) is 21.3 Å². The van der Waals surface area contributed by atoms with E-state index in [1.54, 1.807) is 35.0 Å².